The largest absolute Gasteiger partial charge is 0.490 e. The number of halogens is 2. The summed E-state index contributed by atoms with van der Waals surface area (Å²) in [5, 5.41) is 3.23. The Balaban J connectivity index is 1.87. The Morgan fingerprint density at radius 1 is 1.17 bits per heavy atom. The van der Waals surface area contributed by atoms with Crippen molar-refractivity contribution >= 4 is 5.69 Å². The maximum atomic E-state index is 13.9. The molecular weight excluding hydrogens is 304 g/mol. The Morgan fingerprint density at radius 2 is 1.91 bits per heavy atom. The molecule has 1 saturated heterocycles. The van der Waals surface area contributed by atoms with E-state index in [-0.39, 0.29) is 17.5 Å². The maximum absolute atomic E-state index is 13.9. The van der Waals surface area contributed by atoms with Gasteiger partial charge in [-0.1, -0.05) is 0 Å². The molecule has 0 bridgehead atoms. The standard InChI is InChI=1S/C16H17F2N3O2/c17-12-9-15(13(18)8-14(12)19)21-6-3-11(7-16(21)22)23-10-1-4-20-5-2-10/h3,6-10,20H,1-2,4-5,19H2. The molecule has 0 radical (unpaired) electrons. The molecule has 2 heterocycles. The van der Waals surface area contributed by atoms with Crippen molar-refractivity contribution in [2.24, 2.45) is 0 Å². The summed E-state index contributed by atoms with van der Waals surface area (Å²) in [4.78, 5) is 12.2. The molecule has 1 fully saturated rings. The van der Waals surface area contributed by atoms with Gasteiger partial charge in [0.15, 0.2) is 0 Å². The molecule has 122 valence electrons. The van der Waals surface area contributed by atoms with Crippen molar-refractivity contribution in [2.45, 2.75) is 18.9 Å². The van der Waals surface area contributed by atoms with Crippen molar-refractivity contribution in [2.75, 3.05) is 18.8 Å². The normalized spacial score (nSPS) is 15.6. The van der Waals surface area contributed by atoms with Crippen molar-refractivity contribution in [1.82, 2.24) is 9.88 Å². The van der Waals surface area contributed by atoms with Gasteiger partial charge in [0.2, 0.25) is 0 Å². The van der Waals surface area contributed by atoms with Crippen LogP contribution in [0.5, 0.6) is 5.75 Å². The van der Waals surface area contributed by atoms with Gasteiger partial charge in [-0.15, -0.1) is 0 Å². The maximum Gasteiger partial charge on any atom is 0.258 e. The number of rotatable bonds is 3. The Morgan fingerprint density at radius 3 is 2.61 bits per heavy atom. The number of benzene rings is 1. The molecule has 0 aliphatic carbocycles. The van der Waals surface area contributed by atoms with E-state index >= 15 is 0 Å². The summed E-state index contributed by atoms with van der Waals surface area (Å²) in [5.74, 6) is -1.11. The predicted octanol–water partition coefficient (Wildman–Crippen LogP) is 1.83. The van der Waals surface area contributed by atoms with E-state index in [1.165, 1.54) is 12.3 Å². The lowest BCUT2D eigenvalue weighted by atomic mass is 10.1. The molecule has 1 aliphatic heterocycles. The fraction of sp³-hybridized carbons (Fsp3) is 0.312. The number of nitrogens with two attached hydrogens (primary N) is 1. The summed E-state index contributed by atoms with van der Waals surface area (Å²) in [7, 11) is 0. The third-order valence-electron chi connectivity index (χ3n) is 3.81. The molecule has 2 aromatic rings. The highest BCUT2D eigenvalue weighted by Gasteiger charge is 2.16. The van der Waals surface area contributed by atoms with Crippen LogP contribution in [0.15, 0.2) is 35.3 Å². The van der Waals surface area contributed by atoms with E-state index in [1.54, 1.807) is 6.07 Å². The van der Waals surface area contributed by atoms with Crippen LogP contribution in [0.25, 0.3) is 5.69 Å². The van der Waals surface area contributed by atoms with Gasteiger partial charge in [0.05, 0.1) is 11.4 Å². The number of aromatic nitrogens is 1. The Hall–Kier alpha value is -2.41. The summed E-state index contributed by atoms with van der Waals surface area (Å²) >= 11 is 0. The minimum absolute atomic E-state index is 0.0530. The summed E-state index contributed by atoms with van der Waals surface area (Å²) in [6, 6.07) is 4.60. The Kier molecular flexibility index (Phi) is 4.29. The number of hydrogen-bond acceptors (Lipinski definition) is 4. The van der Waals surface area contributed by atoms with Crippen LogP contribution in [-0.4, -0.2) is 23.8 Å². The molecule has 0 atom stereocenters. The van der Waals surface area contributed by atoms with Crippen LogP contribution >= 0.6 is 0 Å². The molecule has 0 unspecified atom stereocenters. The first-order chi connectivity index (χ1) is 11.0. The molecular formula is C16H17F2N3O2. The monoisotopic (exact) mass is 321 g/mol. The lowest BCUT2D eigenvalue weighted by Crippen LogP contribution is -2.34. The number of anilines is 1. The van der Waals surface area contributed by atoms with Crippen LogP contribution in [0.2, 0.25) is 0 Å². The highest BCUT2D eigenvalue weighted by atomic mass is 19.1. The molecule has 1 aromatic heterocycles. The van der Waals surface area contributed by atoms with Gasteiger partial charge >= 0.3 is 0 Å². The second kappa shape index (κ2) is 6.37. The average Bonchev–Trinajstić information content (AvgIpc) is 2.53. The molecule has 0 saturated carbocycles. The van der Waals surface area contributed by atoms with Crippen molar-refractivity contribution in [1.29, 1.82) is 0 Å². The number of nitrogen functional groups attached to an aromatic ring is 1. The lowest BCUT2D eigenvalue weighted by Gasteiger charge is -2.23. The molecule has 23 heavy (non-hydrogen) atoms. The van der Waals surface area contributed by atoms with Crippen LogP contribution in [0.4, 0.5) is 14.5 Å². The molecule has 0 amide bonds. The second-order valence-electron chi connectivity index (χ2n) is 5.46. The molecule has 3 N–H and O–H groups in total. The van der Waals surface area contributed by atoms with Crippen LogP contribution in [0.3, 0.4) is 0 Å². The van der Waals surface area contributed by atoms with Crippen molar-refractivity contribution in [3.05, 3.63) is 52.5 Å². The number of hydrogen-bond donors (Lipinski definition) is 2. The molecule has 0 spiro atoms. The summed E-state index contributed by atoms with van der Waals surface area (Å²) < 4.78 is 34.2. The van der Waals surface area contributed by atoms with Gasteiger partial charge in [0.25, 0.3) is 5.56 Å². The van der Waals surface area contributed by atoms with E-state index in [0.717, 1.165) is 42.6 Å². The van der Waals surface area contributed by atoms with Gasteiger partial charge in [-0.3, -0.25) is 9.36 Å². The lowest BCUT2D eigenvalue weighted by molar-refractivity contribution is 0.162. The van der Waals surface area contributed by atoms with Gasteiger partial charge in [-0.25, -0.2) is 8.78 Å². The number of piperidine rings is 1. The fourth-order valence-electron chi connectivity index (χ4n) is 2.58. The van der Waals surface area contributed by atoms with E-state index in [2.05, 4.69) is 5.32 Å². The quantitative estimate of drug-likeness (QED) is 0.846. The summed E-state index contributed by atoms with van der Waals surface area (Å²) in [6.45, 7) is 1.75. The number of nitrogens with zero attached hydrogens (tertiary/aromatic N) is 1. The van der Waals surface area contributed by atoms with E-state index in [4.69, 9.17) is 10.5 Å². The minimum Gasteiger partial charge on any atom is -0.490 e. The topological polar surface area (TPSA) is 69.3 Å². The van der Waals surface area contributed by atoms with E-state index < -0.39 is 17.2 Å². The van der Waals surface area contributed by atoms with Crippen molar-refractivity contribution in [3.8, 4) is 11.4 Å². The van der Waals surface area contributed by atoms with Crippen LogP contribution in [0.1, 0.15) is 12.8 Å². The van der Waals surface area contributed by atoms with Gasteiger partial charge in [0.1, 0.15) is 23.5 Å². The number of ether oxygens (including phenoxy) is 1. The zero-order valence-electron chi connectivity index (χ0n) is 12.4. The van der Waals surface area contributed by atoms with Gasteiger partial charge < -0.3 is 15.8 Å². The summed E-state index contributed by atoms with van der Waals surface area (Å²) in [5.41, 5.74) is 4.32. The Labute approximate surface area is 131 Å². The van der Waals surface area contributed by atoms with Crippen LogP contribution in [-0.2, 0) is 0 Å². The minimum atomic E-state index is -0.775. The third-order valence-corrected chi connectivity index (χ3v) is 3.81. The first kappa shape index (κ1) is 15.5. The van der Waals surface area contributed by atoms with Gasteiger partial charge in [-0.2, -0.15) is 0 Å². The average molecular weight is 321 g/mol. The van der Waals surface area contributed by atoms with Crippen molar-refractivity contribution < 1.29 is 13.5 Å². The zero-order valence-corrected chi connectivity index (χ0v) is 12.4. The van der Waals surface area contributed by atoms with E-state index in [1.807, 2.05) is 0 Å². The molecule has 1 aliphatic rings. The summed E-state index contributed by atoms with van der Waals surface area (Å²) in [6.07, 6.45) is 3.14. The van der Waals surface area contributed by atoms with E-state index in [0.29, 0.717) is 5.75 Å². The third kappa shape index (κ3) is 3.34. The zero-order chi connectivity index (χ0) is 16.4. The van der Waals surface area contributed by atoms with Gasteiger partial charge in [-0.05, 0) is 32.0 Å². The molecule has 5 nitrogen and oxygen atoms in total. The van der Waals surface area contributed by atoms with Crippen LogP contribution in [0, 0.1) is 11.6 Å². The first-order valence-corrected chi connectivity index (χ1v) is 7.39. The molecule has 3 rings (SSSR count). The highest BCUT2D eigenvalue weighted by molar-refractivity contribution is 5.48. The smallest absolute Gasteiger partial charge is 0.258 e. The number of pyridine rings is 1. The van der Waals surface area contributed by atoms with Crippen molar-refractivity contribution in [3.63, 3.8) is 0 Å². The molecule has 1 aromatic carbocycles. The fourth-order valence-corrected chi connectivity index (χ4v) is 2.58. The second-order valence-corrected chi connectivity index (χ2v) is 5.46. The highest BCUT2D eigenvalue weighted by Crippen LogP contribution is 2.20. The van der Waals surface area contributed by atoms with E-state index in [9.17, 15) is 13.6 Å². The number of nitrogens with one attached hydrogen (secondary N) is 1. The van der Waals surface area contributed by atoms with Gasteiger partial charge in [0, 0.05) is 24.4 Å². The predicted molar refractivity (Wildman–Crippen MR) is 82.9 cm³/mol. The molecule has 7 heteroatoms. The van der Waals surface area contributed by atoms with Crippen LogP contribution < -0.4 is 21.3 Å². The SMILES string of the molecule is Nc1cc(F)c(-n2ccc(OC3CCNCC3)cc2=O)cc1F. The first-order valence-electron chi connectivity index (χ1n) is 7.39. The Bertz CT molecular complexity index is 770.